The van der Waals surface area contributed by atoms with Crippen LogP contribution in [0.4, 0.5) is 4.39 Å². The van der Waals surface area contributed by atoms with E-state index in [1.54, 1.807) is 0 Å². The smallest absolute Gasteiger partial charge is 0.123 e. The van der Waals surface area contributed by atoms with E-state index >= 15 is 0 Å². The van der Waals surface area contributed by atoms with E-state index in [0.717, 1.165) is 12.1 Å². The summed E-state index contributed by atoms with van der Waals surface area (Å²) in [5.41, 5.74) is 1.78. The predicted octanol–water partition coefficient (Wildman–Crippen LogP) is 2.96. The third kappa shape index (κ3) is 2.16. The molecule has 1 aliphatic rings. The Morgan fingerprint density at radius 3 is 2.40 bits per heavy atom. The van der Waals surface area contributed by atoms with Crippen LogP contribution in [0, 0.1) is 6.92 Å². The molecule has 15 heavy (non-hydrogen) atoms. The molecule has 0 spiro atoms. The third-order valence-corrected chi connectivity index (χ3v) is 3.17. The Morgan fingerprint density at radius 1 is 1.33 bits per heavy atom. The molecule has 1 aromatic rings. The van der Waals surface area contributed by atoms with Crippen molar-refractivity contribution in [3.05, 3.63) is 35.4 Å². The fourth-order valence-corrected chi connectivity index (χ4v) is 2.04. The Balaban J connectivity index is 0.00000112. The fourth-order valence-electron chi connectivity index (χ4n) is 2.04. The minimum atomic E-state index is -0.773. The van der Waals surface area contributed by atoms with Gasteiger partial charge in [0.1, 0.15) is 6.17 Å². The zero-order chi connectivity index (χ0) is 10.2. The van der Waals surface area contributed by atoms with Gasteiger partial charge in [-0.25, -0.2) is 4.39 Å². The Kier molecular flexibility index (Phi) is 3.74. The summed E-state index contributed by atoms with van der Waals surface area (Å²) in [4.78, 5) is 0. The second-order valence-electron chi connectivity index (χ2n) is 4.25. The first kappa shape index (κ1) is 12.5. The molecule has 0 radical (unpaired) electrons. The molecule has 1 aromatic carbocycles. The highest BCUT2D eigenvalue weighted by molar-refractivity contribution is 5.85. The van der Waals surface area contributed by atoms with Crippen LogP contribution in [0.25, 0.3) is 0 Å². The average Bonchev–Trinajstić information content (AvgIpc) is 2.49. The second kappa shape index (κ2) is 4.50. The first-order chi connectivity index (χ1) is 6.63. The van der Waals surface area contributed by atoms with Gasteiger partial charge in [-0.05, 0) is 32.4 Å². The second-order valence-corrected chi connectivity index (χ2v) is 4.25. The quantitative estimate of drug-likeness (QED) is 0.781. The molecule has 1 heterocycles. The number of benzene rings is 1. The first-order valence-electron chi connectivity index (χ1n) is 5.09. The summed E-state index contributed by atoms with van der Waals surface area (Å²) in [6.07, 6.45) is -0.158. The highest BCUT2D eigenvalue weighted by Crippen LogP contribution is 2.32. The topological polar surface area (TPSA) is 12.0 Å². The lowest BCUT2D eigenvalue weighted by Crippen LogP contribution is -2.39. The first-order valence-corrected chi connectivity index (χ1v) is 5.09. The van der Waals surface area contributed by atoms with E-state index in [1.165, 1.54) is 5.56 Å². The van der Waals surface area contributed by atoms with Gasteiger partial charge in [0.15, 0.2) is 0 Å². The van der Waals surface area contributed by atoms with Gasteiger partial charge < -0.3 is 5.32 Å². The van der Waals surface area contributed by atoms with Crippen molar-refractivity contribution in [2.45, 2.75) is 32.0 Å². The van der Waals surface area contributed by atoms with E-state index in [1.807, 2.05) is 38.1 Å². The lowest BCUT2D eigenvalue weighted by Gasteiger charge is -2.27. The zero-order valence-electron chi connectivity index (χ0n) is 9.09. The van der Waals surface area contributed by atoms with E-state index in [4.69, 9.17) is 0 Å². The maximum atomic E-state index is 13.7. The average molecular weight is 230 g/mol. The van der Waals surface area contributed by atoms with Gasteiger partial charge in [-0.15, -0.1) is 12.4 Å². The largest absolute Gasteiger partial charge is 0.305 e. The Labute approximate surface area is 96.5 Å². The van der Waals surface area contributed by atoms with Crippen molar-refractivity contribution in [3.8, 4) is 0 Å². The van der Waals surface area contributed by atoms with Gasteiger partial charge in [0.05, 0.1) is 5.54 Å². The summed E-state index contributed by atoms with van der Waals surface area (Å²) in [5.74, 6) is 0. The molecule has 0 bridgehead atoms. The number of rotatable bonds is 1. The van der Waals surface area contributed by atoms with Crippen LogP contribution in [0.15, 0.2) is 24.3 Å². The molecule has 1 saturated heterocycles. The standard InChI is InChI=1S/C12H16FN.ClH/c1-9-3-5-10(6-4-9)12(2)11(13)7-8-14-12;/h3-6,11,14H,7-8H2,1-2H3;1H. The molecular formula is C12H17ClFN. The molecule has 0 amide bonds. The molecule has 0 aromatic heterocycles. The van der Waals surface area contributed by atoms with Crippen LogP contribution >= 0.6 is 12.4 Å². The lowest BCUT2D eigenvalue weighted by molar-refractivity contribution is 0.220. The summed E-state index contributed by atoms with van der Waals surface area (Å²) in [5, 5.41) is 3.24. The monoisotopic (exact) mass is 229 g/mol. The van der Waals surface area contributed by atoms with Gasteiger partial charge in [-0.3, -0.25) is 0 Å². The molecule has 1 fully saturated rings. The molecule has 2 unspecified atom stereocenters. The third-order valence-electron chi connectivity index (χ3n) is 3.17. The Hall–Kier alpha value is -0.600. The lowest BCUT2D eigenvalue weighted by atomic mass is 9.88. The van der Waals surface area contributed by atoms with Gasteiger partial charge in [-0.2, -0.15) is 0 Å². The van der Waals surface area contributed by atoms with Crippen molar-refractivity contribution in [1.29, 1.82) is 0 Å². The van der Waals surface area contributed by atoms with Crippen molar-refractivity contribution in [1.82, 2.24) is 5.32 Å². The maximum Gasteiger partial charge on any atom is 0.123 e. The normalized spacial score (nSPS) is 29.9. The van der Waals surface area contributed by atoms with E-state index < -0.39 is 11.7 Å². The minimum Gasteiger partial charge on any atom is -0.305 e. The highest BCUT2D eigenvalue weighted by atomic mass is 35.5. The molecule has 3 heteroatoms. The van der Waals surface area contributed by atoms with Crippen LogP contribution in [0.3, 0.4) is 0 Å². The van der Waals surface area contributed by atoms with E-state index in [0.29, 0.717) is 6.42 Å². The SMILES string of the molecule is Cc1ccc(C2(C)NCCC2F)cc1.Cl. The molecular weight excluding hydrogens is 213 g/mol. The van der Waals surface area contributed by atoms with E-state index in [9.17, 15) is 4.39 Å². The van der Waals surface area contributed by atoms with Crippen molar-refractivity contribution in [2.24, 2.45) is 0 Å². The van der Waals surface area contributed by atoms with Crippen molar-refractivity contribution < 1.29 is 4.39 Å². The van der Waals surface area contributed by atoms with Gasteiger partial charge in [-0.1, -0.05) is 29.8 Å². The highest BCUT2D eigenvalue weighted by Gasteiger charge is 2.40. The van der Waals surface area contributed by atoms with Gasteiger partial charge >= 0.3 is 0 Å². The number of aryl methyl sites for hydroxylation is 1. The molecule has 2 rings (SSSR count). The maximum absolute atomic E-state index is 13.7. The van der Waals surface area contributed by atoms with Crippen LogP contribution in [-0.4, -0.2) is 12.7 Å². The van der Waals surface area contributed by atoms with Crippen LogP contribution in [0.1, 0.15) is 24.5 Å². The number of hydrogen-bond acceptors (Lipinski definition) is 1. The molecule has 1 N–H and O–H groups in total. The van der Waals surface area contributed by atoms with Gasteiger partial charge in [0.2, 0.25) is 0 Å². The fraction of sp³-hybridized carbons (Fsp3) is 0.500. The van der Waals surface area contributed by atoms with Gasteiger partial charge in [0.25, 0.3) is 0 Å². The molecule has 84 valence electrons. The van der Waals surface area contributed by atoms with Crippen molar-refractivity contribution >= 4 is 12.4 Å². The molecule has 2 atom stereocenters. The molecule has 1 aliphatic heterocycles. The number of alkyl halides is 1. The van der Waals surface area contributed by atoms with Crippen LogP contribution in [0.5, 0.6) is 0 Å². The summed E-state index contributed by atoms with van der Waals surface area (Å²) in [7, 11) is 0. The Morgan fingerprint density at radius 2 is 1.93 bits per heavy atom. The number of nitrogens with one attached hydrogen (secondary N) is 1. The minimum absolute atomic E-state index is 0. The number of halogens is 2. The summed E-state index contributed by atoms with van der Waals surface area (Å²) in [6, 6.07) is 8.10. The van der Waals surface area contributed by atoms with Crippen molar-refractivity contribution in [2.75, 3.05) is 6.54 Å². The zero-order valence-corrected chi connectivity index (χ0v) is 9.90. The van der Waals surface area contributed by atoms with E-state index in [-0.39, 0.29) is 12.4 Å². The summed E-state index contributed by atoms with van der Waals surface area (Å²) >= 11 is 0. The molecule has 0 aliphatic carbocycles. The summed E-state index contributed by atoms with van der Waals surface area (Å²) in [6.45, 7) is 4.75. The summed E-state index contributed by atoms with van der Waals surface area (Å²) < 4.78 is 13.7. The van der Waals surface area contributed by atoms with Crippen molar-refractivity contribution in [3.63, 3.8) is 0 Å². The molecule has 0 saturated carbocycles. The van der Waals surface area contributed by atoms with E-state index in [2.05, 4.69) is 5.32 Å². The van der Waals surface area contributed by atoms with Gasteiger partial charge in [0, 0.05) is 0 Å². The van der Waals surface area contributed by atoms with Crippen LogP contribution < -0.4 is 5.32 Å². The molecule has 1 nitrogen and oxygen atoms in total. The Bertz CT molecular complexity index is 325. The van der Waals surface area contributed by atoms with Crippen LogP contribution in [-0.2, 0) is 5.54 Å². The number of hydrogen-bond donors (Lipinski definition) is 1. The van der Waals surface area contributed by atoms with Crippen LogP contribution in [0.2, 0.25) is 0 Å². The predicted molar refractivity (Wildman–Crippen MR) is 63.3 cm³/mol.